The van der Waals surface area contributed by atoms with Crippen molar-refractivity contribution in [3.63, 3.8) is 0 Å². The first-order chi connectivity index (χ1) is 11.2. The van der Waals surface area contributed by atoms with E-state index in [4.69, 9.17) is 26.4 Å². The standard InChI is InChI=1S/C17H18N2O3S/c1-2-20-14-6-3-12(4-7-14)18-17(23)19-13-5-8-15-16(11-13)22-10-9-21-15/h3-8,11H,2,9-10H2,1H3,(H2,18,19,23). The summed E-state index contributed by atoms with van der Waals surface area (Å²) in [4.78, 5) is 0. The lowest BCUT2D eigenvalue weighted by Gasteiger charge is -2.19. The molecule has 1 aliphatic heterocycles. The van der Waals surface area contributed by atoms with Crippen molar-refractivity contribution in [2.45, 2.75) is 6.92 Å². The molecular weight excluding hydrogens is 312 g/mol. The van der Waals surface area contributed by atoms with Gasteiger partial charge in [-0.1, -0.05) is 0 Å². The average Bonchev–Trinajstić information content (AvgIpc) is 2.57. The summed E-state index contributed by atoms with van der Waals surface area (Å²) in [5.74, 6) is 2.32. The fraction of sp³-hybridized carbons (Fsp3) is 0.235. The van der Waals surface area contributed by atoms with Crippen molar-refractivity contribution >= 4 is 28.7 Å². The Labute approximate surface area is 140 Å². The van der Waals surface area contributed by atoms with Crippen LogP contribution in [0.2, 0.25) is 0 Å². The van der Waals surface area contributed by atoms with Crippen LogP contribution in [-0.4, -0.2) is 24.9 Å². The number of ether oxygens (including phenoxy) is 3. The molecular formula is C17H18N2O3S. The van der Waals surface area contributed by atoms with Crippen LogP contribution in [0.5, 0.6) is 17.2 Å². The summed E-state index contributed by atoms with van der Waals surface area (Å²) in [6.07, 6.45) is 0. The number of anilines is 2. The van der Waals surface area contributed by atoms with Crippen molar-refractivity contribution in [2.24, 2.45) is 0 Å². The van der Waals surface area contributed by atoms with E-state index >= 15 is 0 Å². The van der Waals surface area contributed by atoms with Gasteiger partial charge in [0.2, 0.25) is 0 Å². The molecule has 0 amide bonds. The van der Waals surface area contributed by atoms with E-state index in [0.29, 0.717) is 24.9 Å². The Balaban J connectivity index is 1.60. The van der Waals surface area contributed by atoms with Gasteiger partial charge >= 0.3 is 0 Å². The lowest BCUT2D eigenvalue weighted by atomic mass is 10.2. The van der Waals surface area contributed by atoms with E-state index in [2.05, 4.69) is 10.6 Å². The smallest absolute Gasteiger partial charge is 0.175 e. The van der Waals surface area contributed by atoms with Crippen LogP contribution < -0.4 is 24.8 Å². The molecule has 3 rings (SSSR count). The summed E-state index contributed by atoms with van der Waals surface area (Å²) in [5.41, 5.74) is 1.74. The van der Waals surface area contributed by atoms with Crippen LogP contribution in [-0.2, 0) is 0 Å². The van der Waals surface area contributed by atoms with Crippen molar-refractivity contribution in [1.82, 2.24) is 0 Å². The quantitative estimate of drug-likeness (QED) is 0.834. The second-order valence-corrected chi connectivity index (χ2v) is 5.30. The van der Waals surface area contributed by atoms with Gasteiger partial charge in [-0.05, 0) is 55.5 Å². The molecule has 0 atom stereocenters. The van der Waals surface area contributed by atoms with E-state index in [9.17, 15) is 0 Å². The number of hydrogen-bond donors (Lipinski definition) is 2. The van der Waals surface area contributed by atoms with Gasteiger partial charge < -0.3 is 24.8 Å². The molecule has 1 aliphatic rings. The first kappa shape index (κ1) is 15.4. The summed E-state index contributed by atoms with van der Waals surface area (Å²) in [5, 5.41) is 6.77. The number of fused-ring (bicyclic) bond motifs is 1. The second-order valence-electron chi connectivity index (χ2n) is 4.89. The Hall–Kier alpha value is -2.47. The van der Waals surface area contributed by atoms with Crippen LogP contribution in [0.3, 0.4) is 0 Å². The molecule has 0 fully saturated rings. The van der Waals surface area contributed by atoms with Crippen LogP contribution in [0, 0.1) is 0 Å². The van der Waals surface area contributed by atoms with Gasteiger partial charge in [0.05, 0.1) is 6.61 Å². The summed E-state index contributed by atoms with van der Waals surface area (Å²) in [6.45, 7) is 3.75. The zero-order chi connectivity index (χ0) is 16.1. The van der Waals surface area contributed by atoms with Crippen LogP contribution in [0.25, 0.3) is 0 Å². The van der Waals surface area contributed by atoms with Gasteiger partial charge in [-0.25, -0.2) is 0 Å². The molecule has 5 nitrogen and oxygen atoms in total. The van der Waals surface area contributed by atoms with Crippen molar-refractivity contribution in [2.75, 3.05) is 30.5 Å². The first-order valence-corrected chi connectivity index (χ1v) is 7.86. The van der Waals surface area contributed by atoms with E-state index in [0.717, 1.165) is 28.6 Å². The highest BCUT2D eigenvalue weighted by atomic mass is 32.1. The molecule has 2 aromatic carbocycles. The van der Waals surface area contributed by atoms with Crippen molar-refractivity contribution < 1.29 is 14.2 Å². The SMILES string of the molecule is CCOc1ccc(NC(=S)Nc2ccc3c(c2)OCCO3)cc1. The highest BCUT2D eigenvalue weighted by Crippen LogP contribution is 2.32. The molecule has 6 heteroatoms. The molecule has 0 bridgehead atoms. The first-order valence-electron chi connectivity index (χ1n) is 7.45. The van der Waals surface area contributed by atoms with E-state index in [1.165, 1.54) is 0 Å². The van der Waals surface area contributed by atoms with Crippen LogP contribution in [0.1, 0.15) is 6.92 Å². The van der Waals surface area contributed by atoms with Gasteiger partial charge in [0.25, 0.3) is 0 Å². The third-order valence-corrected chi connectivity index (χ3v) is 3.43. The number of nitrogens with one attached hydrogen (secondary N) is 2. The molecule has 1 heterocycles. The van der Waals surface area contributed by atoms with Crippen LogP contribution in [0.15, 0.2) is 42.5 Å². The van der Waals surface area contributed by atoms with Gasteiger partial charge in [-0.2, -0.15) is 0 Å². The average molecular weight is 330 g/mol. The molecule has 0 unspecified atom stereocenters. The normalized spacial score (nSPS) is 12.4. The van der Waals surface area contributed by atoms with Gasteiger partial charge in [0.1, 0.15) is 19.0 Å². The molecule has 2 N–H and O–H groups in total. The van der Waals surface area contributed by atoms with Gasteiger partial charge in [-0.15, -0.1) is 0 Å². The summed E-state index contributed by atoms with van der Waals surface area (Å²) >= 11 is 5.33. The zero-order valence-electron chi connectivity index (χ0n) is 12.8. The lowest BCUT2D eigenvalue weighted by Crippen LogP contribution is -2.20. The number of benzene rings is 2. The van der Waals surface area contributed by atoms with E-state index in [-0.39, 0.29) is 0 Å². The molecule has 2 aromatic rings. The number of thiocarbonyl (C=S) groups is 1. The van der Waals surface area contributed by atoms with Gasteiger partial charge in [0.15, 0.2) is 16.6 Å². The fourth-order valence-corrected chi connectivity index (χ4v) is 2.45. The van der Waals surface area contributed by atoms with Gasteiger partial charge in [-0.3, -0.25) is 0 Å². The highest BCUT2D eigenvalue weighted by Gasteiger charge is 2.12. The third kappa shape index (κ3) is 4.04. The third-order valence-electron chi connectivity index (χ3n) is 3.22. The lowest BCUT2D eigenvalue weighted by molar-refractivity contribution is 0.171. The Kier molecular flexibility index (Phi) is 4.83. The molecule has 0 saturated heterocycles. The highest BCUT2D eigenvalue weighted by molar-refractivity contribution is 7.80. The number of hydrogen-bond acceptors (Lipinski definition) is 4. The molecule has 0 aromatic heterocycles. The fourth-order valence-electron chi connectivity index (χ4n) is 2.22. The minimum absolute atomic E-state index is 0.505. The molecule has 0 aliphatic carbocycles. The topological polar surface area (TPSA) is 51.8 Å². The van der Waals surface area contributed by atoms with E-state index < -0.39 is 0 Å². The predicted molar refractivity (Wildman–Crippen MR) is 94.9 cm³/mol. The van der Waals surface area contributed by atoms with Crippen LogP contribution in [0.4, 0.5) is 11.4 Å². The molecule has 0 spiro atoms. The minimum atomic E-state index is 0.505. The Bertz CT molecular complexity index is 689. The molecule has 0 saturated carbocycles. The number of rotatable bonds is 4. The van der Waals surface area contributed by atoms with Gasteiger partial charge in [0, 0.05) is 17.4 Å². The Morgan fingerprint density at radius 2 is 1.65 bits per heavy atom. The zero-order valence-corrected chi connectivity index (χ0v) is 13.6. The Morgan fingerprint density at radius 1 is 1.00 bits per heavy atom. The maximum atomic E-state index is 5.56. The summed E-state index contributed by atoms with van der Waals surface area (Å²) in [6, 6.07) is 13.3. The molecule has 23 heavy (non-hydrogen) atoms. The molecule has 0 radical (unpaired) electrons. The van der Waals surface area contributed by atoms with Crippen molar-refractivity contribution in [3.8, 4) is 17.2 Å². The van der Waals surface area contributed by atoms with E-state index in [1.54, 1.807) is 0 Å². The summed E-state index contributed by atoms with van der Waals surface area (Å²) in [7, 11) is 0. The Morgan fingerprint density at radius 3 is 2.39 bits per heavy atom. The maximum Gasteiger partial charge on any atom is 0.175 e. The van der Waals surface area contributed by atoms with E-state index in [1.807, 2.05) is 49.4 Å². The molecule has 120 valence electrons. The second kappa shape index (κ2) is 7.19. The monoisotopic (exact) mass is 330 g/mol. The summed E-state index contributed by atoms with van der Waals surface area (Å²) < 4.78 is 16.5. The maximum absolute atomic E-state index is 5.56. The van der Waals surface area contributed by atoms with Crippen LogP contribution >= 0.6 is 12.2 Å². The minimum Gasteiger partial charge on any atom is -0.494 e. The van der Waals surface area contributed by atoms with Crippen molar-refractivity contribution in [3.05, 3.63) is 42.5 Å². The largest absolute Gasteiger partial charge is 0.494 e. The van der Waals surface area contributed by atoms with Crippen molar-refractivity contribution in [1.29, 1.82) is 0 Å². The predicted octanol–water partition coefficient (Wildman–Crippen LogP) is 3.67.